The molecule has 14 heavy (non-hydrogen) atoms. The summed E-state index contributed by atoms with van der Waals surface area (Å²) in [5.41, 5.74) is 3.73. The van der Waals surface area contributed by atoms with Crippen LogP contribution in [0.4, 0.5) is 0 Å². The van der Waals surface area contributed by atoms with Gasteiger partial charge in [-0.3, -0.25) is 0 Å². The average molecular weight is 250 g/mol. The summed E-state index contributed by atoms with van der Waals surface area (Å²) in [4.78, 5) is 3.20. The Bertz CT molecular complexity index is 398. The van der Waals surface area contributed by atoms with Gasteiger partial charge in [0, 0.05) is 18.6 Å². The SMILES string of the molecule is Cc1[nH+]cccc1-c1ccccc1.[Br-]. The lowest BCUT2D eigenvalue weighted by atomic mass is 10.1. The quantitative estimate of drug-likeness (QED) is 0.646. The summed E-state index contributed by atoms with van der Waals surface area (Å²) in [6.45, 7) is 2.09. The maximum Gasteiger partial charge on any atom is 0.184 e. The zero-order valence-electron chi connectivity index (χ0n) is 8.00. The number of halogens is 1. The van der Waals surface area contributed by atoms with Crippen molar-refractivity contribution in [2.24, 2.45) is 0 Å². The van der Waals surface area contributed by atoms with E-state index in [1.807, 2.05) is 18.3 Å². The summed E-state index contributed by atoms with van der Waals surface area (Å²) in [5, 5.41) is 0. The number of nitrogens with one attached hydrogen (secondary N) is 1. The van der Waals surface area contributed by atoms with E-state index in [0.29, 0.717) is 0 Å². The molecule has 0 spiro atoms. The Kier molecular flexibility index (Phi) is 3.84. The predicted octanol–water partition coefficient (Wildman–Crippen LogP) is -0.520. The molecule has 1 aromatic carbocycles. The minimum absolute atomic E-state index is 0. The molecule has 0 radical (unpaired) electrons. The Morgan fingerprint density at radius 3 is 2.29 bits per heavy atom. The first-order chi connectivity index (χ1) is 6.38. The lowest BCUT2D eigenvalue weighted by Gasteiger charge is -1.99. The van der Waals surface area contributed by atoms with Crippen LogP contribution in [0.25, 0.3) is 11.1 Å². The van der Waals surface area contributed by atoms with Crippen LogP contribution in [-0.2, 0) is 0 Å². The van der Waals surface area contributed by atoms with E-state index in [1.165, 1.54) is 16.8 Å². The van der Waals surface area contributed by atoms with E-state index < -0.39 is 0 Å². The largest absolute Gasteiger partial charge is 1.00 e. The highest BCUT2D eigenvalue weighted by Crippen LogP contribution is 2.18. The predicted molar refractivity (Wildman–Crippen MR) is 53.2 cm³/mol. The number of aromatic amines is 1. The molecule has 0 unspecified atom stereocenters. The third-order valence-electron chi connectivity index (χ3n) is 2.15. The molecule has 2 rings (SSSR count). The van der Waals surface area contributed by atoms with Gasteiger partial charge in [0.1, 0.15) is 0 Å². The number of hydrogen-bond donors (Lipinski definition) is 0. The Hall–Kier alpha value is -1.15. The van der Waals surface area contributed by atoms with E-state index in [4.69, 9.17) is 0 Å². The molecule has 2 heteroatoms. The van der Waals surface area contributed by atoms with Gasteiger partial charge in [0.15, 0.2) is 11.9 Å². The van der Waals surface area contributed by atoms with Crippen molar-refractivity contribution in [3.63, 3.8) is 0 Å². The second-order valence-electron chi connectivity index (χ2n) is 3.07. The Balaban J connectivity index is 0.000000980. The van der Waals surface area contributed by atoms with Crippen molar-refractivity contribution < 1.29 is 22.0 Å². The number of H-pyrrole nitrogens is 1. The van der Waals surface area contributed by atoms with E-state index in [9.17, 15) is 0 Å². The fourth-order valence-corrected chi connectivity index (χ4v) is 1.45. The molecular formula is C12H12BrN. The van der Waals surface area contributed by atoms with Gasteiger partial charge in [0.25, 0.3) is 0 Å². The van der Waals surface area contributed by atoms with Crippen molar-refractivity contribution in [1.82, 2.24) is 0 Å². The molecule has 0 aliphatic carbocycles. The van der Waals surface area contributed by atoms with Crippen LogP contribution in [-0.4, -0.2) is 0 Å². The highest BCUT2D eigenvalue weighted by molar-refractivity contribution is 5.64. The van der Waals surface area contributed by atoms with Crippen LogP contribution in [0.2, 0.25) is 0 Å². The maximum absolute atomic E-state index is 3.20. The highest BCUT2D eigenvalue weighted by Gasteiger charge is 2.03. The van der Waals surface area contributed by atoms with Gasteiger partial charge in [-0.2, -0.15) is 0 Å². The third kappa shape index (κ3) is 2.20. The molecule has 0 saturated carbocycles. The molecule has 0 aliphatic rings. The molecule has 2 aromatic rings. The molecule has 1 nitrogen and oxygen atoms in total. The van der Waals surface area contributed by atoms with Crippen molar-refractivity contribution in [1.29, 1.82) is 0 Å². The van der Waals surface area contributed by atoms with Gasteiger partial charge in [-0.25, -0.2) is 4.98 Å². The number of hydrogen-bond acceptors (Lipinski definition) is 0. The first kappa shape index (κ1) is 10.9. The van der Waals surface area contributed by atoms with Gasteiger partial charge >= 0.3 is 0 Å². The third-order valence-corrected chi connectivity index (χ3v) is 2.15. The Morgan fingerprint density at radius 1 is 0.929 bits per heavy atom. The summed E-state index contributed by atoms with van der Waals surface area (Å²) in [6.07, 6.45) is 1.95. The summed E-state index contributed by atoms with van der Waals surface area (Å²) in [7, 11) is 0. The summed E-state index contributed by atoms with van der Waals surface area (Å²) >= 11 is 0. The van der Waals surface area contributed by atoms with Crippen LogP contribution in [0.5, 0.6) is 0 Å². The van der Waals surface area contributed by atoms with E-state index in [0.717, 1.165) is 0 Å². The molecule has 1 N–H and O–H groups in total. The smallest absolute Gasteiger partial charge is 0.184 e. The van der Waals surface area contributed by atoms with E-state index in [2.05, 4.69) is 42.2 Å². The van der Waals surface area contributed by atoms with Crippen LogP contribution in [0.3, 0.4) is 0 Å². The van der Waals surface area contributed by atoms with Crippen LogP contribution < -0.4 is 22.0 Å². The molecular weight excluding hydrogens is 238 g/mol. The van der Waals surface area contributed by atoms with E-state index >= 15 is 0 Å². The number of aromatic nitrogens is 1. The van der Waals surface area contributed by atoms with Crippen LogP contribution in [0, 0.1) is 6.92 Å². The first-order valence-corrected chi connectivity index (χ1v) is 4.40. The highest BCUT2D eigenvalue weighted by atomic mass is 79.9. The minimum atomic E-state index is 0. The molecule has 0 aliphatic heterocycles. The van der Waals surface area contributed by atoms with Crippen molar-refractivity contribution in [2.75, 3.05) is 0 Å². The monoisotopic (exact) mass is 249 g/mol. The molecule has 72 valence electrons. The van der Waals surface area contributed by atoms with Gasteiger partial charge in [-0.1, -0.05) is 30.3 Å². The van der Waals surface area contributed by atoms with Crippen LogP contribution in [0.15, 0.2) is 48.7 Å². The van der Waals surface area contributed by atoms with Crippen molar-refractivity contribution >= 4 is 0 Å². The van der Waals surface area contributed by atoms with Crippen LogP contribution >= 0.6 is 0 Å². The molecule has 0 fully saturated rings. The summed E-state index contributed by atoms with van der Waals surface area (Å²) < 4.78 is 0. The normalized spacial score (nSPS) is 9.21. The standard InChI is InChI=1S/C12H11N.BrH/c1-10-12(8-5-9-13-10)11-6-3-2-4-7-11;/h2-9H,1H3;1H. The van der Waals surface area contributed by atoms with Gasteiger partial charge in [-0.15, -0.1) is 0 Å². The zero-order valence-corrected chi connectivity index (χ0v) is 9.58. The zero-order chi connectivity index (χ0) is 9.10. The second kappa shape index (κ2) is 4.91. The van der Waals surface area contributed by atoms with E-state index in [-0.39, 0.29) is 17.0 Å². The number of rotatable bonds is 1. The van der Waals surface area contributed by atoms with Gasteiger partial charge in [0.2, 0.25) is 0 Å². The fourth-order valence-electron chi connectivity index (χ4n) is 1.45. The number of benzene rings is 1. The van der Waals surface area contributed by atoms with Gasteiger partial charge in [-0.05, 0) is 11.6 Å². The number of pyridine rings is 1. The maximum atomic E-state index is 3.20. The Morgan fingerprint density at radius 2 is 1.64 bits per heavy atom. The molecule has 1 aromatic heterocycles. The van der Waals surface area contributed by atoms with E-state index in [1.54, 1.807) is 0 Å². The van der Waals surface area contributed by atoms with Crippen molar-refractivity contribution in [3.8, 4) is 11.1 Å². The van der Waals surface area contributed by atoms with Crippen LogP contribution in [0.1, 0.15) is 5.69 Å². The molecule has 1 heterocycles. The average Bonchev–Trinajstić information content (AvgIpc) is 2.20. The molecule has 0 saturated heterocycles. The summed E-state index contributed by atoms with van der Waals surface area (Å²) in [5.74, 6) is 0. The Labute approximate surface area is 94.6 Å². The second-order valence-corrected chi connectivity index (χ2v) is 3.07. The van der Waals surface area contributed by atoms with Crippen molar-refractivity contribution in [3.05, 3.63) is 54.4 Å². The minimum Gasteiger partial charge on any atom is -1.00 e. The number of aryl methyl sites for hydroxylation is 1. The summed E-state index contributed by atoms with van der Waals surface area (Å²) in [6, 6.07) is 14.5. The topological polar surface area (TPSA) is 14.1 Å². The lowest BCUT2D eigenvalue weighted by molar-refractivity contribution is -0.386. The molecule has 0 amide bonds. The van der Waals surface area contributed by atoms with Gasteiger partial charge < -0.3 is 17.0 Å². The molecule has 0 atom stereocenters. The lowest BCUT2D eigenvalue weighted by Crippen LogP contribution is -3.00. The fraction of sp³-hybridized carbons (Fsp3) is 0.0833. The molecule has 0 bridgehead atoms. The van der Waals surface area contributed by atoms with Gasteiger partial charge in [0.05, 0.1) is 0 Å². The first-order valence-electron chi connectivity index (χ1n) is 4.40. The van der Waals surface area contributed by atoms with Crippen molar-refractivity contribution in [2.45, 2.75) is 6.92 Å².